The summed E-state index contributed by atoms with van der Waals surface area (Å²) in [6, 6.07) is 7.58. The van der Waals surface area contributed by atoms with Crippen molar-refractivity contribution in [3.8, 4) is 0 Å². The van der Waals surface area contributed by atoms with Gasteiger partial charge in [-0.25, -0.2) is 0 Å². The normalized spacial score (nSPS) is 28.1. The predicted octanol–water partition coefficient (Wildman–Crippen LogP) is 4.63. The van der Waals surface area contributed by atoms with Gasteiger partial charge in [0.1, 0.15) is 0 Å². The third kappa shape index (κ3) is 2.75. The summed E-state index contributed by atoms with van der Waals surface area (Å²) >= 11 is 3.70. The Morgan fingerprint density at radius 3 is 2.70 bits per heavy atom. The van der Waals surface area contributed by atoms with E-state index in [1.54, 1.807) is 0 Å². The van der Waals surface area contributed by atoms with Gasteiger partial charge in [0.05, 0.1) is 0 Å². The maximum absolute atomic E-state index is 6.01. The molecular weight excluding hydrogens is 312 g/mol. The maximum Gasteiger partial charge on any atom is 0.0380 e. The Morgan fingerprint density at radius 1 is 1.20 bits per heavy atom. The number of hydrogen-bond donors (Lipinski definition) is 1. The zero-order valence-electron chi connectivity index (χ0n) is 12.3. The molecule has 0 amide bonds. The van der Waals surface area contributed by atoms with Gasteiger partial charge in [0.2, 0.25) is 0 Å². The van der Waals surface area contributed by atoms with Gasteiger partial charge in [-0.2, -0.15) is 0 Å². The van der Waals surface area contributed by atoms with E-state index in [4.69, 9.17) is 5.73 Å². The van der Waals surface area contributed by atoms with E-state index in [2.05, 4.69) is 39.0 Å². The number of piperidine rings is 1. The number of hydrogen-bond acceptors (Lipinski definition) is 2. The van der Waals surface area contributed by atoms with Crippen molar-refractivity contribution >= 4 is 21.6 Å². The average molecular weight is 337 g/mol. The van der Waals surface area contributed by atoms with Crippen LogP contribution in [-0.2, 0) is 0 Å². The number of nitrogens with two attached hydrogens (primary N) is 1. The molecule has 0 radical (unpaired) electrons. The summed E-state index contributed by atoms with van der Waals surface area (Å²) in [6.07, 6.45) is 8.41. The first kappa shape index (κ1) is 14.4. The Bertz CT molecular complexity index is 470. The second-order valence-electron chi connectivity index (χ2n) is 6.44. The molecule has 1 unspecified atom stereocenters. The Balaban J connectivity index is 1.85. The lowest BCUT2D eigenvalue weighted by Gasteiger charge is -2.45. The van der Waals surface area contributed by atoms with Gasteiger partial charge in [0.25, 0.3) is 0 Å². The molecule has 1 heterocycles. The van der Waals surface area contributed by atoms with Crippen LogP contribution in [0.4, 0.5) is 5.69 Å². The highest BCUT2D eigenvalue weighted by atomic mass is 79.9. The number of nitrogens with zero attached hydrogens (tertiary/aromatic N) is 1. The van der Waals surface area contributed by atoms with Crippen LogP contribution in [0.15, 0.2) is 22.7 Å². The molecule has 2 nitrogen and oxygen atoms in total. The highest BCUT2D eigenvalue weighted by Crippen LogP contribution is 2.39. The Labute approximate surface area is 130 Å². The van der Waals surface area contributed by atoms with Gasteiger partial charge in [0, 0.05) is 28.8 Å². The number of benzene rings is 1. The molecule has 0 bridgehead atoms. The van der Waals surface area contributed by atoms with Crippen molar-refractivity contribution in [1.82, 2.24) is 0 Å². The van der Waals surface area contributed by atoms with Crippen LogP contribution < -0.4 is 10.6 Å². The van der Waals surface area contributed by atoms with Crippen molar-refractivity contribution < 1.29 is 0 Å². The zero-order valence-corrected chi connectivity index (χ0v) is 13.9. The number of halogens is 1. The molecule has 0 spiro atoms. The minimum Gasteiger partial charge on any atom is -0.368 e. The molecule has 1 aromatic carbocycles. The van der Waals surface area contributed by atoms with E-state index >= 15 is 0 Å². The molecule has 110 valence electrons. The topological polar surface area (TPSA) is 29.3 Å². The van der Waals surface area contributed by atoms with Crippen LogP contribution in [0.2, 0.25) is 0 Å². The quantitative estimate of drug-likeness (QED) is 0.853. The van der Waals surface area contributed by atoms with Gasteiger partial charge in [-0.15, -0.1) is 0 Å². The van der Waals surface area contributed by atoms with Crippen LogP contribution in [0, 0.1) is 5.92 Å². The molecule has 1 saturated carbocycles. The molecule has 1 aliphatic heterocycles. The molecule has 3 rings (SSSR count). The lowest BCUT2D eigenvalue weighted by atomic mass is 9.78. The molecule has 0 aromatic heterocycles. The number of fused-ring (bicyclic) bond motifs is 1. The van der Waals surface area contributed by atoms with E-state index in [0.717, 1.165) is 16.4 Å². The molecule has 1 aliphatic carbocycles. The Morgan fingerprint density at radius 2 is 1.95 bits per heavy atom. The zero-order chi connectivity index (χ0) is 14.1. The fourth-order valence-electron chi connectivity index (χ4n) is 4.01. The maximum atomic E-state index is 6.01. The van der Waals surface area contributed by atoms with E-state index in [-0.39, 0.29) is 6.04 Å². The van der Waals surface area contributed by atoms with E-state index in [1.165, 1.54) is 56.3 Å². The van der Waals surface area contributed by atoms with Crippen molar-refractivity contribution in [1.29, 1.82) is 0 Å². The van der Waals surface area contributed by atoms with Crippen LogP contribution in [0.25, 0.3) is 0 Å². The highest BCUT2D eigenvalue weighted by molar-refractivity contribution is 9.10. The van der Waals surface area contributed by atoms with E-state index in [9.17, 15) is 0 Å². The monoisotopic (exact) mass is 336 g/mol. The summed E-state index contributed by atoms with van der Waals surface area (Å²) in [4.78, 5) is 2.66. The third-order valence-electron chi connectivity index (χ3n) is 5.05. The van der Waals surface area contributed by atoms with Crippen molar-refractivity contribution in [3.05, 3.63) is 28.2 Å². The summed E-state index contributed by atoms with van der Waals surface area (Å²) in [5, 5.41) is 0. The van der Waals surface area contributed by atoms with Gasteiger partial charge < -0.3 is 10.6 Å². The molecule has 2 fully saturated rings. The third-order valence-corrected chi connectivity index (χ3v) is 5.74. The van der Waals surface area contributed by atoms with Gasteiger partial charge >= 0.3 is 0 Å². The first-order chi connectivity index (χ1) is 9.66. The second-order valence-corrected chi connectivity index (χ2v) is 7.30. The Hall–Kier alpha value is -0.540. The van der Waals surface area contributed by atoms with E-state index in [0.29, 0.717) is 0 Å². The van der Waals surface area contributed by atoms with Crippen LogP contribution >= 0.6 is 15.9 Å². The summed E-state index contributed by atoms with van der Waals surface area (Å²) in [6.45, 7) is 3.25. The molecular formula is C17H25BrN2. The van der Waals surface area contributed by atoms with Gasteiger partial charge in [-0.3, -0.25) is 0 Å². The molecule has 1 aromatic rings. The van der Waals surface area contributed by atoms with Gasteiger partial charge in [-0.05, 0) is 56.2 Å². The van der Waals surface area contributed by atoms with Crippen molar-refractivity contribution in [3.63, 3.8) is 0 Å². The van der Waals surface area contributed by atoms with Crippen molar-refractivity contribution in [2.75, 3.05) is 11.4 Å². The average Bonchev–Trinajstić information content (AvgIpc) is 2.46. The SMILES string of the molecule is CC(N)c1ccc(N2CCC[C@H]3CCCC[C@H]32)cc1Br. The van der Waals surface area contributed by atoms with Crippen molar-refractivity contribution in [2.45, 2.75) is 57.5 Å². The summed E-state index contributed by atoms with van der Waals surface area (Å²) in [5.41, 5.74) is 8.58. The van der Waals surface area contributed by atoms with Crippen LogP contribution in [0.3, 0.4) is 0 Å². The first-order valence-corrected chi connectivity index (χ1v) is 8.78. The van der Waals surface area contributed by atoms with Crippen LogP contribution in [0.1, 0.15) is 57.1 Å². The first-order valence-electron chi connectivity index (χ1n) is 7.98. The fraction of sp³-hybridized carbons (Fsp3) is 0.647. The lowest BCUT2D eigenvalue weighted by molar-refractivity contribution is 0.244. The fourth-order valence-corrected chi connectivity index (χ4v) is 4.74. The number of rotatable bonds is 2. The minimum atomic E-state index is 0.0854. The van der Waals surface area contributed by atoms with Gasteiger partial charge in [-0.1, -0.05) is 34.8 Å². The largest absolute Gasteiger partial charge is 0.368 e. The molecule has 20 heavy (non-hydrogen) atoms. The van der Waals surface area contributed by atoms with Crippen molar-refractivity contribution in [2.24, 2.45) is 11.7 Å². The molecule has 1 saturated heterocycles. The molecule has 3 atom stereocenters. The van der Waals surface area contributed by atoms with Crippen LogP contribution in [0.5, 0.6) is 0 Å². The summed E-state index contributed by atoms with van der Waals surface area (Å²) in [7, 11) is 0. The van der Waals surface area contributed by atoms with E-state index < -0.39 is 0 Å². The molecule has 3 heteroatoms. The molecule has 2 aliphatic rings. The highest BCUT2D eigenvalue weighted by Gasteiger charge is 2.33. The second kappa shape index (κ2) is 6.07. The van der Waals surface area contributed by atoms with Crippen LogP contribution in [-0.4, -0.2) is 12.6 Å². The summed E-state index contributed by atoms with van der Waals surface area (Å²) < 4.78 is 1.16. The smallest absolute Gasteiger partial charge is 0.0380 e. The minimum absolute atomic E-state index is 0.0854. The Kier molecular flexibility index (Phi) is 4.37. The lowest BCUT2D eigenvalue weighted by Crippen LogP contribution is -2.46. The predicted molar refractivity (Wildman–Crippen MR) is 89.1 cm³/mol. The van der Waals surface area contributed by atoms with E-state index in [1.807, 2.05) is 6.92 Å². The van der Waals surface area contributed by atoms with Gasteiger partial charge in [0.15, 0.2) is 0 Å². The summed E-state index contributed by atoms with van der Waals surface area (Å²) in [5.74, 6) is 0.921. The number of anilines is 1. The molecule has 2 N–H and O–H groups in total. The standard InChI is InChI=1S/C17H25BrN2/c1-12(19)15-9-8-14(11-16(15)18)20-10-4-6-13-5-2-3-7-17(13)20/h8-9,11-13,17H,2-7,10,19H2,1H3/t12?,13-,17-/m1/s1.